The van der Waals surface area contributed by atoms with Crippen molar-refractivity contribution in [2.45, 2.75) is 48.9 Å². The fourth-order valence-corrected chi connectivity index (χ4v) is 4.75. The molecule has 1 saturated heterocycles. The third-order valence-corrected chi connectivity index (χ3v) is 7.16. The van der Waals surface area contributed by atoms with Crippen LogP contribution in [0, 0.1) is 6.92 Å². The Balaban J connectivity index is 1.48. The average Bonchev–Trinajstić information content (AvgIpc) is 3.52. The molecule has 27 heavy (non-hydrogen) atoms. The third kappa shape index (κ3) is 4.06. The van der Waals surface area contributed by atoms with Crippen molar-refractivity contribution in [2.24, 2.45) is 0 Å². The highest BCUT2D eigenvalue weighted by Gasteiger charge is 2.36. The van der Waals surface area contributed by atoms with Gasteiger partial charge in [0.25, 0.3) is 0 Å². The minimum Gasteiger partial charge on any atom is -0.474 e. The SMILES string of the molecule is Cc1c(Oc2ccc(S(=O)(=O)C3CC3)cc2)ncnc1OC1CCNCC1. The van der Waals surface area contributed by atoms with E-state index in [-0.39, 0.29) is 11.4 Å². The number of ether oxygens (including phenoxy) is 2. The molecule has 2 heterocycles. The van der Waals surface area contributed by atoms with Crippen LogP contribution in [0.15, 0.2) is 35.5 Å². The lowest BCUT2D eigenvalue weighted by Crippen LogP contribution is -2.34. The molecule has 1 aromatic heterocycles. The molecule has 0 atom stereocenters. The molecule has 144 valence electrons. The summed E-state index contributed by atoms with van der Waals surface area (Å²) >= 11 is 0. The van der Waals surface area contributed by atoms with Crippen molar-refractivity contribution in [1.82, 2.24) is 15.3 Å². The summed E-state index contributed by atoms with van der Waals surface area (Å²) in [5.74, 6) is 1.46. The summed E-state index contributed by atoms with van der Waals surface area (Å²) in [4.78, 5) is 8.77. The first-order valence-electron chi connectivity index (χ1n) is 9.25. The summed E-state index contributed by atoms with van der Waals surface area (Å²) < 4.78 is 36.4. The Morgan fingerprint density at radius 2 is 1.67 bits per heavy atom. The molecule has 0 unspecified atom stereocenters. The first-order chi connectivity index (χ1) is 13.0. The molecule has 1 N–H and O–H groups in total. The molecule has 0 amide bonds. The number of nitrogens with one attached hydrogen (secondary N) is 1. The van der Waals surface area contributed by atoms with Crippen LogP contribution >= 0.6 is 0 Å². The van der Waals surface area contributed by atoms with Crippen LogP contribution in [0.4, 0.5) is 0 Å². The molecule has 0 spiro atoms. The van der Waals surface area contributed by atoms with Gasteiger partial charge in [-0.05, 0) is 70.0 Å². The summed E-state index contributed by atoms with van der Waals surface area (Å²) in [6.45, 7) is 3.74. The Bertz CT molecular complexity index is 905. The molecular formula is C19H23N3O4S. The monoisotopic (exact) mass is 389 g/mol. The van der Waals surface area contributed by atoms with Crippen molar-refractivity contribution in [1.29, 1.82) is 0 Å². The number of hydrogen-bond acceptors (Lipinski definition) is 7. The second-order valence-electron chi connectivity index (χ2n) is 6.99. The molecule has 1 aromatic carbocycles. The van der Waals surface area contributed by atoms with Gasteiger partial charge in [0.1, 0.15) is 18.2 Å². The van der Waals surface area contributed by atoms with Crippen LogP contribution in [-0.4, -0.2) is 42.8 Å². The van der Waals surface area contributed by atoms with Gasteiger partial charge in [-0.2, -0.15) is 0 Å². The predicted octanol–water partition coefficient (Wildman–Crippen LogP) is 2.64. The van der Waals surface area contributed by atoms with Gasteiger partial charge in [-0.3, -0.25) is 0 Å². The highest BCUT2D eigenvalue weighted by molar-refractivity contribution is 7.92. The van der Waals surface area contributed by atoms with Gasteiger partial charge in [0.2, 0.25) is 11.8 Å². The first-order valence-corrected chi connectivity index (χ1v) is 10.8. The molecule has 1 aliphatic carbocycles. The van der Waals surface area contributed by atoms with Crippen LogP contribution in [-0.2, 0) is 9.84 Å². The van der Waals surface area contributed by atoms with E-state index in [9.17, 15) is 8.42 Å². The van der Waals surface area contributed by atoms with Crippen molar-refractivity contribution < 1.29 is 17.9 Å². The van der Waals surface area contributed by atoms with Gasteiger partial charge in [-0.1, -0.05) is 0 Å². The van der Waals surface area contributed by atoms with E-state index < -0.39 is 9.84 Å². The van der Waals surface area contributed by atoms with Crippen molar-refractivity contribution in [3.05, 3.63) is 36.2 Å². The van der Waals surface area contributed by atoms with Crippen LogP contribution < -0.4 is 14.8 Å². The van der Waals surface area contributed by atoms with E-state index >= 15 is 0 Å². The highest BCUT2D eigenvalue weighted by atomic mass is 32.2. The molecule has 0 radical (unpaired) electrons. The molecular weight excluding hydrogens is 366 g/mol. The van der Waals surface area contributed by atoms with Crippen LogP contribution in [0.1, 0.15) is 31.2 Å². The lowest BCUT2D eigenvalue weighted by atomic mass is 10.1. The second-order valence-corrected chi connectivity index (χ2v) is 9.22. The van der Waals surface area contributed by atoms with Crippen LogP contribution in [0.2, 0.25) is 0 Å². The maximum atomic E-state index is 12.3. The lowest BCUT2D eigenvalue weighted by Gasteiger charge is -2.24. The molecule has 0 bridgehead atoms. The van der Waals surface area contributed by atoms with Gasteiger partial charge >= 0.3 is 0 Å². The van der Waals surface area contributed by atoms with Crippen LogP contribution in [0.3, 0.4) is 0 Å². The zero-order valence-electron chi connectivity index (χ0n) is 15.2. The number of nitrogens with zero attached hydrogens (tertiary/aromatic N) is 2. The zero-order chi connectivity index (χ0) is 18.9. The number of benzene rings is 1. The van der Waals surface area contributed by atoms with E-state index in [4.69, 9.17) is 9.47 Å². The normalized spacial score (nSPS) is 18.3. The Kier molecular flexibility index (Phi) is 5.01. The van der Waals surface area contributed by atoms with E-state index in [1.807, 2.05) is 6.92 Å². The fourth-order valence-electron chi connectivity index (χ4n) is 3.09. The minimum absolute atomic E-state index is 0.139. The van der Waals surface area contributed by atoms with Crippen molar-refractivity contribution >= 4 is 9.84 Å². The Hall–Kier alpha value is -2.19. The Labute approximate surface area is 159 Å². The maximum Gasteiger partial charge on any atom is 0.229 e. The molecule has 4 rings (SSSR count). The van der Waals surface area contributed by atoms with E-state index in [2.05, 4.69) is 15.3 Å². The molecule has 2 aliphatic rings. The van der Waals surface area contributed by atoms with Gasteiger partial charge in [0, 0.05) is 0 Å². The number of piperidine rings is 1. The summed E-state index contributed by atoms with van der Waals surface area (Å²) in [5, 5.41) is 3.09. The van der Waals surface area contributed by atoms with Crippen LogP contribution in [0.25, 0.3) is 0 Å². The summed E-state index contributed by atoms with van der Waals surface area (Å²) in [6, 6.07) is 6.49. The number of rotatable bonds is 6. The van der Waals surface area contributed by atoms with Gasteiger partial charge in [0.15, 0.2) is 9.84 Å². The predicted molar refractivity (Wildman–Crippen MR) is 100 cm³/mol. The molecule has 1 aliphatic heterocycles. The van der Waals surface area contributed by atoms with Crippen molar-refractivity contribution in [3.63, 3.8) is 0 Å². The zero-order valence-corrected chi connectivity index (χ0v) is 16.0. The van der Waals surface area contributed by atoms with Crippen LogP contribution in [0.5, 0.6) is 17.5 Å². The number of hydrogen-bond donors (Lipinski definition) is 1. The first kappa shape index (κ1) is 18.2. The summed E-state index contributed by atoms with van der Waals surface area (Å²) in [6.07, 6.45) is 4.94. The topological polar surface area (TPSA) is 90.4 Å². The molecule has 8 heteroatoms. The smallest absolute Gasteiger partial charge is 0.229 e. The van der Waals surface area contributed by atoms with Crippen molar-refractivity contribution in [2.75, 3.05) is 13.1 Å². The fraction of sp³-hybridized carbons (Fsp3) is 0.474. The van der Waals surface area contributed by atoms with E-state index in [0.29, 0.717) is 22.4 Å². The Morgan fingerprint density at radius 1 is 1.00 bits per heavy atom. The quantitative estimate of drug-likeness (QED) is 0.812. The van der Waals surface area contributed by atoms with Gasteiger partial charge in [-0.15, -0.1) is 0 Å². The molecule has 2 aromatic rings. The molecule has 2 fully saturated rings. The summed E-state index contributed by atoms with van der Waals surface area (Å²) in [5.41, 5.74) is 0.728. The van der Waals surface area contributed by atoms with Crippen molar-refractivity contribution in [3.8, 4) is 17.5 Å². The Morgan fingerprint density at radius 3 is 2.33 bits per heavy atom. The largest absolute Gasteiger partial charge is 0.474 e. The van der Waals surface area contributed by atoms with E-state index in [0.717, 1.165) is 44.3 Å². The third-order valence-electron chi connectivity index (χ3n) is 4.89. The van der Waals surface area contributed by atoms with Gasteiger partial charge < -0.3 is 14.8 Å². The van der Waals surface area contributed by atoms with Gasteiger partial charge in [-0.25, -0.2) is 18.4 Å². The van der Waals surface area contributed by atoms with E-state index in [1.165, 1.54) is 6.33 Å². The molecule has 1 saturated carbocycles. The maximum absolute atomic E-state index is 12.3. The molecule has 7 nitrogen and oxygen atoms in total. The summed E-state index contributed by atoms with van der Waals surface area (Å²) in [7, 11) is -3.19. The second kappa shape index (κ2) is 7.44. The minimum atomic E-state index is -3.19. The van der Waals surface area contributed by atoms with E-state index in [1.54, 1.807) is 24.3 Å². The van der Waals surface area contributed by atoms with Gasteiger partial charge in [0.05, 0.1) is 15.7 Å². The highest BCUT2D eigenvalue weighted by Crippen LogP contribution is 2.35. The number of aromatic nitrogens is 2. The lowest BCUT2D eigenvalue weighted by molar-refractivity contribution is 0.154. The number of sulfone groups is 1. The average molecular weight is 389 g/mol. The standard InChI is InChI=1S/C19H23N3O4S/c1-13-18(21-12-22-19(13)26-15-8-10-20-11-9-15)25-14-2-4-16(5-3-14)27(23,24)17-6-7-17/h2-5,12,15,17,20H,6-11H2,1H3.